The van der Waals surface area contributed by atoms with Crippen molar-refractivity contribution in [3.05, 3.63) is 28.2 Å². The highest BCUT2D eigenvalue weighted by molar-refractivity contribution is 9.10. The molecular weight excluding hydrogens is 344 g/mol. The average molecular weight is 363 g/mol. The zero-order valence-electron chi connectivity index (χ0n) is 11.7. The summed E-state index contributed by atoms with van der Waals surface area (Å²) in [6.45, 7) is 6.06. The van der Waals surface area contributed by atoms with Gasteiger partial charge in [-0.2, -0.15) is 0 Å². The fraction of sp³-hybridized carbons (Fsp3) is 0.462. The number of nitrogens with two attached hydrogens (primary N) is 1. The predicted octanol–water partition coefficient (Wildman–Crippen LogP) is 2.26. The maximum atomic E-state index is 12.1. The number of amides is 1. The maximum Gasteiger partial charge on any atom is 0.251 e. The van der Waals surface area contributed by atoms with Gasteiger partial charge in [0, 0.05) is 16.1 Å². The first-order valence-electron chi connectivity index (χ1n) is 6.24. The normalized spacial score (nSPS) is 13.3. The number of carbonyl (C=O) groups excluding carboxylic acids is 1. The summed E-state index contributed by atoms with van der Waals surface area (Å²) >= 11 is 3.11. The maximum absolute atomic E-state index is 12.1. The zero-order chi connectivity index (χ0) is 15.5. The smallest absolute Gasteiger partial charge is 0.251 e. The monoisotopic (exact) mass is 362 g/mol. The predicted molar refractivity (Wildman–Crippen MR) is 81.9 cm³/mol. The topological polar surface area (TPSA) is 89.3 Å². The molecule has 0 fully saturated rings. The summed E-state index contributed by atoms with van der Waals surface area (Å²) in [5.74, 6) is 0.158. The lowest BCUT2D eigenvalue weighted by atomic mass is 10.0. The van der Waals surface area contributed by atoms with Gasteiger partial charge in [0.05, 0.1) is 4.90 Å². The number of rotatable bonds is 5. The van der Waals surface area contributed by atoms with E-state index in [1.54, 1.807) is 6.07 Å². The van der Waals surface area contributed by atoms with E-state index in [-0.39, 0.29) is 22.4 Å². The molecule has 0 aliphatic rings. The van der Waals surface area contributed by atoms with E-state index < -0.39 is 10.0 Å². The van der Waals surface area contributed by atoms with Gasteiger partial charge in [0.25, 0.3) is 5.91 Å². The first-order valence-corrected chi connectivity index (χ1v) is 8.58. The molecule has 3 N–H and O–H groups in total. The van der Waals surface area contributed by atoms with Crippen molar-refractivity contribution in [1.82, 2.24) is 5.32 Å². The molecule has 0 spiro atoms. The molecule has 1 amide bonds. The summed E-state index contributed by atoms with van der Waals surface area (Å²) in [5, 5.41) is 7.94. The molecule has 1 aromatic carbocycles. The van der Waals surface area contributed by atoms with Crippen molar-refractivity contribution in [3.63, 3.8) is 0 Å². The third-order valence-electron chi connectivity index (χ3n) is 2.70. The van der Waals surface area contributed by atoms with E-state index in [4.69, 9.17) is 5.14 Å². The minimum absolute atomic E-state index is 0.0177. The van der Waals surface area contributed by atoms with Crippen LogP contribution >= 0.6 is 15.9 Å². The van der Waals surface area contributed by atoms with Crippen molar-refractivity contribution in [2.45, 2.75) is 38.1 Å². The van der Waals surface area contributed by atoms with E-state index in [2.05, 4.69) is 35.1 Å². The van der Waals surface area contributed by atoms with Crippen LogP contribution in [0.1, 0.15) is 37.6 Å². The molecule has 0 aromatic heterocycles. The summed E-state index contributed by atoms with van der Waals surface area (Å²) in [6.07, 6.45) is 0.852. The third kappa shape index (κ3) is 4.88. The van der Waals surface area contributed by atoms with E-state index in [1.807, 2.05) is 6.92 Å². The van der Waals surface area contributed by atoms with Gasteiger partial charge in [-0.15, -0.1) is 0 Å². The van der Waals surface area contributed by atoms with Crippen LogP contribution < -0.4 is 10.5 Å². The molecule has 0 saturated carbocycles. The molecule has 0 aliphatic heterocycles. The Kier molecular flexibility index (Phi) is 5.73. The van der Waals surface area contributed by atoms with Crippen LogP contribution in [0.15, 0.2) is 27.6 Å². The highest BCUT2D eigenvalue weighted by atomic mass is 79.9. The van der Waals surface area contributed by atoms with Crippen LogP contribution in [0.25, 0.3) is 0 Å². The van der Waals surface area contributed by atoms with E-state index in [9.17, 15) is 13.2 Å². The number of sulfonamides is 1. The number of hydrogen-bond donors (Lipinski definition) is 2. The molecule has 7 heteroatoms. The molecule has 1 aromatic rings. The summed E-state index contributed by atoms with van der Waals surface area (Å²) in [5.41, 5.74) is 0.271. The molecule has 1 unspecified atom stereocenters. The van der Waals surface area contributed by atoms with Crippen LogP contribution in [0.2, 0.25) is 0 Å². The number of benzene rings is 1. The standard InChI is InChI=1S/C13H19BrN2O3S/c1-8(2)6-9(3)16-13(17)10-4-5-11(14)12(7-10)20(15,18)19/h4-5,7-9H,6H2,1-3H3,(H,16,17)(H2,15,18,19). The van der Waals surface area contributed by atoms with Gasteiger partial charge >= 0.3 is 0 Å². The Morgan fingerprint density at radius 1 is 1.35 bits per heavy atom. The second-order valence-electron chi connectivity index (χ2n) is 5.19. The van der Waals surface area contributed by atoms with Gasteiger partial charge in [0.2, 0.25) is 10.0 Å². The molecule has 1 rings (SSSR count). The minimum Gasteiger partial charge on any atom is -0.350 e. The number of nitrogens with one attached hydrogen (secondary N) is 1. The molecule has 0 bridgehead atoms. The van der Waals surface area contributed by atoms with Crippen LogP contribution in [0.4, 0.5) is 0 Å². The van der Waals surface area contributed by atoms with Crippen molar-refractivity contribution in [2.75, 3.05) is 0 Å². The van der Waals surface area contributed by atoms with Crippen LogP contribution in [0, 0.1) is 5.92 Å². The number of carbonyl (C=O) groups is 1. The van der Waals surface area contributed by atoms with Crippen LogP contribution in [0.5, 0.6) is 0 Å². The Labute approximate surface area is 128 Å². The number of primary sulfonamides is 1. The van der Waals surface area contributed by atoms with Crippen molar-refractivity contribution >= 4 is 31.9 Å². The molecule has 0 saturated heterocycles. The summed E-state index contributed by atoms with van der Waals surface area (Å²) in [4.78, 5) is 12.0. The van der Waals surface area contributed by atoms with Crippen LogP contribution in [-0.2, 0) is 10.0 Å². The molecule has 0 heterocycles. The third-order valence-corrected chi connectivity index (χ3v) is 4.61. The minimum atomic E-state index is -3.86. The van der Waals surface area contributed by atoms with Gasteiger partial charge in [-0.05, 0) is 53.4 Å². The summed E-state index contributed by atoms with van der Waals surface area (Å²) in [6, 6.07) is 4.35. The average Bonchev–Trinajstić information content (AvgIpc) is 2.26. The van der Waals surface area contributed by atoms with Crippen molar-refractivity contribution in [1.29, 1.82) is 0 Å². The second kappa shape index (κ2) is 6.69. The van der Waals surface area contributed by atoms with E-state index >= 15 is 0 Å². The van der Waals surface area contributed by atoms with Gasteiger partial charge in [0.15, 0.2) is 0 Å². The lowest BCUT2D eigenvalue weighted by molar-refractivity contribution is 0.0936. The van der Waals surface area contributed by atoms with Gasteiger partial charge in [-0.25, -0.2) is 13.6 Å². The SMILES string of the molecule is CC(C)CC(C)NC(=O)c1ccc(Br)c(S(N)(=O)=O)c1. The Hall–Kier alpha value is -0.920. The van der Waals surface area contributed by atoms with Crippen molar-refractivity contribution in [3.8, 4) is 0 Å². The Morgan fingerprint density at radius 2 is 1.95 bits per heavy atom. The van der Waals surface area contributed by atoms with E-state index in [1.165, 1.54) is 12.1 Å². The molecule has 20 heavy (non-hydrogen) atoms. The molecular formula is C13H19BrN2O3S. The largest absolute Gasteiger partial charge is 0.350 e. The second-order valence-corrected chi connectivity index (χ2v) is 7.58. The highest BCUT2D eigenvalue weighted by Gasteiger charge is 2.17. The van der Waals surface area contributed by atoms with Crippen molar-refractivity contribution < 1.29 is 13.2 Å². The van der Waals surface area contributed by atoms with E-state index in [0.717, 1.165) is 6.42 Å². The first-order chi connectivity index (χ1) is 9.11. The van der Waals surface area contributed by atoms with Gasteiger partial charge < -0.3 is 5.32 Å². The van der Waals surface area contributed by atoms with Crippen molar-refractivity contribution in [2.24, 2.45) is 11.1 Å². The van der Waals surface area contributed by atoms with Crippen LogP contribution in [0.3, 0.4) is 0 Å². The molecule has 112 valence electrons. The fourth-order valence-electron chi connectivity index (χ4n) is 1.94. The highest BCUT2D eigenvalue weighted by Crippen LogP contribution is 2.22. The lowest BCUT2D eigenvalue weighted by Crippen LogP contribution is -2.33. The Bertz CT molecular complexity index is 600. The Morgan fingerprint density at radius 3 is 2.45 bits per heavy atom. The fourth-order valence-corrected chi connectivity index (χ4v) is 3.49. The van der Waals surface area contributed by atoms with Gasteiger partial charge in [0.1, 0.15) is 0 Å². The van der Waals surface area contributed by atoms with Crippen LogP contribution in [-0.4, -0.2) is 20.4 Å². The van der Waals surface area contributed by atoms with Gasteiger partial charge in [-0.3, -0.25) is 4.79 Å². The molecule has 5 nitrogen and oxygen atoms in total. The van der Waals surface area contributed by atoms with Gasteiger partial charge in [-0.1, -0.05) is 13.8 Å². The summed E-state index contributed by atoms with van der Waals surface area (Å²) in [7, 11) is -3.86. The molecule has 1 atom stereocenters. The number of halogens is 1. The quantitative estimate of drug-likeness (QED) is 0.841. The zero-order valence-corrected chi connectivity index (χ0v) is 14.1. The van der Waals surface area contributed by atoms with E-state index in [0.29, 0.717) is 10.4 Å². The molecule has 0 aliphatic carbocycles. The lowest BCUT2D eigenvalue weighted by Gasteiger charge is -2.16. The number of hydrogen-bond acceptors (Lipinski definition) is 3. The molecule has 0 radical (unpaired) electrons. The Balaban J connectivity index is 2.95. The first kappa shape index (κ1) is 17.1. The summed E-state index contributed by atoms with van der Waals surface area (Å²) < 4.78 is 23.2.